The Labute approximate surface area is 214 Å². The third-order valence-corrected chi connectivity index (χ3v) is 5.89. The molecule has 0 aliphatic heterocycles. The van der Waals surface area contributed by atoms with Crippen LogP contribution in [0.15, 0.2) is 60.8 Å². The maximum Gasteiger partial charge on any atom is 0.417 e. The first-order valence-corrected chi connectivity index (χ1v) is 11.3. The molecule has 0 saturated heterocycles. The molecule has 4 aromatic rings. The van der Waals surface area contributed by atoms with Gasteiger partial charge >= 0.3 is 6.18 Å². The summed E-state index contributed by atoms with van der Waals surface area (Å²) in [5, 5.41) is 0.126. The average Bonchev–Trinajstić information content (AvgIpc) is 2.85. The van der Waals surface area contributed by atoms with Crippen LogP contribution in [0.1, 0.15) is 16.7 Å². The average molecular weight is 534 g/mol. The number of ether oxygens (including phenoxy) is 3. The highest BCUT2D eigenvalue weighted by Crippen LogP contribution is 2.38. The van der Waals surface area contributed by atoms with Gasteiger partial charge in [0.2, 0.25) is 0 Å². The molecule has 0 bridgehead atoms. The van der Waals surface area contributed by atoms with Crippen molar-refractivity contribution in [2.24, 2.45) is 0 Å². The van der Waals surface area contributed by atoms with Gasteiger partial charge in [0.1, 0.15) is 11.5 Å². The van der Waals surface area contributed by atoms with Crippen LogP contribution in [0.3, 0.4) is 0 Å². The van der Waals surface area contributed by atoms with Crippen molar-refractivity contribution in [2.75, 3.05) is 14.2 Å². The van der Waals surface area contributed by atoms with E-state index in [1.54, 1.807) is 18.2 Å². The summed E-state index contributed by atoms with van der Waals surface area (Å²) in [6.45, 7) is 0. The summed E-state index contributed by atoms with van der Waals surface area (Å²) in [4.78, 5) is 16.8. The van der Waals surface area contributed by atoms with Crippen molar-refractivity contribution in [3.63, 3.8) is 0 Å². The predicted octanol–water partition coefficient (Wildman–Crippen LogP) is 7.21. The maximum atomic E-state index is 14.9. The molecule has 0 fully saturated rings. The number of hydrogen-bond donors (Lipinski definition) is 0. The van der Waals surface area contributed by atoms with Crippen LogP contribution in [-0.2, 0) is 23.8 Å². The number of methoxy groups -OCH3 is 2. The molecule has 0 atom stereocenters. The number of nitrogens with zero attached hydrogens (tertiary/aromatic N) is 1. The maximum absolute atomic E-state index is 14.9. The van der Waals surface area contributed by atoms with Gasteiger partial charge in [-0.2, -0.15) is 13.2 Å². The number of pyridine rings is 1. The van der Waals surface area contributed by atoms with Gasteiger partial charge in [-0.05, 0) is 47.5 Å². The fraction of sp³-hybridized carbons (Fsp3) is 0.185. The summed E-state index contributed by atoms with van der Waals surface area (Å²) in [5.41, 5.74) is 0.0602. The Bertz CT molecular complexity index is 1470. The van der Waals surface area contributed by atoms with Crippen LogP contribution in [0.2, 0.25) is 5.02 Å². The zero-order valence-electron chi connectivity index (χ0n) is 19.7. The van der Waals surface area contributed by atoms with Crippen molar-refractivity contribution in [1.82, 2.24) is 4.98 Å². The Balaban J connectivity index is 1.50. The van der Waals surface area contributed by atoms with Crippen molar-refractivity contribution in [2.45, 2.75) is 19.0 Å². The molecule has 0 unspecified atom stereocenters. The van der Waals surface area contributed by atoms with E-state index in [2.05, 4.69) is 4.98 Å². The summed E-state index contributed by atoms with van der Waals surface area (Å²) in [7, 11) is 2.99. The van der Waals surface area contributed by atoms with E-state index < -0.39 is 22.6 Å². The zero-order chi connectivity index (χ0) is 26.7. The van der Waals surface area contributed by atoms with Gasteiger partial charge in [0.25, 0.3) is 0 Å². The van der Waals surface area contributed by atoms with E-state index >= 15 is 0 Å². The van der Waals surface area contributed by atoms with Crippen LogP contribution in [0.25, 0.3) is 10.9 Å². The monoisotopic (exact) mass is 533 g/mol. The number of rotatable bonds is 8. The molecular weight excluding hydrogens is 514 g/mol. The van der Waals surface area contributed by atoms with Gasteiger partial charge in [0.15, 0.2) is 23.1 Å². The lowest BCUT2D eigenvalue weighted by Crippen LogP contribution is -2.10. The van der Waals surface area contributed by atoms with Gasteiger partial charge in [-0.3, -0.25) is 9.78 Å². The third kappa shape index (κ3) is 5.94. The minimum atomic E-state index is -4.63. The minimum absolute atomic E-state index is 0.0778. The van der Waals surface area contributed by atoms with Gasteiger partial charge in [-0.15, -0.1) is 0 Å². The zero-order valence-corrected chi connectivity index (χ0v) is 20.4. The molecule has 10 heteroatoms. The molecule has 192 valence electrons. The minimum Gasteiger partial charge on any atom is -0.493 e. The topological polar surface area (TPSA) is 57.7 Å². The summed E-state index contributed by atoms with van der Waals surface area (Å²) < 4.78 is 70.5. The Kier molecular flexibility index (Phi) is 7.54. The SMILES string of the molecule is COc1cc2nccc(Oc3ccc(CC(=O)Cc4ccc(Cl)c(C(F)(F)F)c4)cc3F)c2cc1OC. The number of carbonyl (C=O) groups is 1. The molecule has 0 amide bonds. The number of alkyl halides is 3. The highest BCUT2D eigenvalue weighted by atomic mass is 35.5. The molecule has 0 aliphatic rings. The molecule has 4 rings (SSSR count). The molecule has 0 spiro atoms. The number of Topliss-reactive ketones (excluding diaryl/α,β-unsaturated/α-hetero) is 1. The molecule has 0 radical (unpaired) electrons. The smallest absolute Gasteiger partial charge is 0.417 e. The van der Waals surface area contributed by atoms with E-state index in [1.165, 1.54) is 38.6 Å². The predicted molar refractivity (Wildman–Crippen MR) is 130 cm³/mol. The lowest BCUT2D eigenvalue weighted by molar-refractivity contribution is -0.137. The number of ketones is 1. The van der Waals surface area contributed by atoms with Gasteiger partial charge in [0.05, 0.1) is 30.3 Å². The van der Waals surface area contributed by atoms with E-state index in [0.29, 0.717) is 33.7 Å². The first-order chi connectivity index (χ1) is 17.6. The van der Waals surface area contributed by atoms with E-state index in [0.717, 1.165) is 18.2 Å². The second kappa shape index (κ2) is 10.6. The molecule has 0 saturated carbocycles. The van der Waals surface area contributed by atoms with Crippen molar-refractivity contribution < 1.29 is 36.6 Å². The van der Waals surface area contributed by atoms with Crippen molar-refractivity contribution in [3.8, 4) is 23.0 Å². The number of fused-ring (bicyclic) bond motifs is 1. The Hall–Kier alpha value is -3.85. The lowest BCUT2D eigenvalue weighted by Gasteiger charge is -2.13. The molecule has 37 heavy (non-hydrogen) atoms. The second-order valence-electron chi connectivity index (χ2n) is 8.10. The van der Waals surface area contributed by atoms with Crippen molar-refractivity contribution >= 4 is 28.3 Å². The number of benzene rings is 3. The first kappa shape index (κ1) is 26.2. The fourth-order valence-corrected chi connectivity index (χ4v) is 4.03. The van der Waals surface area contributed by atoms with Gasteiger partial charge in [-0.25, -0.2) is 4.39 Å². The quantitative estimate of drug-likeness (QED) is 0.224. The molecule has 1 aromatic heterocycles. The highest BCUT2D eigenvalue weighted by molar-refractivity contribution is 6.31. The van der Waals surface area contributed by atoms with E-state index in [9.17, 15) is 22.4 Å². The second-order valence-corrected chi connectivity index (χ2v) is 8.51. The van der Waals surface area contributed by atoms with E-state index in [1.807, 2.05) is 0 Å². The fourth-order valence-electron chi connectivity index (χ4n) is 3.81. The normalized spacial score (nSPS) is 11.4. The Morgan fingerprint density at radius 2 is 1.51 bits per heavy atom. The first-order valence-electron chi connectivity index (χ1n) is 10.9. The largest absolute Gasteiger partial charge is 0.493 e. The number of aromatic nitrogens is 1. The number of halogens is 5. The van der Waals surface area contributed by atoms with Gasteiger partial charge in [0, 0.05) is 30.5 Å². The highest BCUT2D eigenvalue weighted by Gasteiger charge is 2.33. The van der Waals surface area contributed by atoms with Gasteiger partial charge < -0.3 is 14.2 Å². The summed E-state index contributed by atoms with van der Waals surface area (Å²) >= 11 is 5.62. The molecular formula is C27H20ClF4NO4. The van der Waals surface area contributed by atoms with Gasteiger partial charge in [-0.1, -0.05) is 23.7 Å². The van der Waals surface area contributed by atoms with Crippen molar-refractivity contribution in [1.29, 1.82) is 0 Å². The van der Waals surface area contributed by atoms with Crippen LogP contribution in [-0.4, -0.2) is 25.0 Å². The molecule has 0 aliphatic carbocycles. The number of hydrogen-bond acceptors (Lipinski definition) is 5. The van der Waals surface area contributed by atoms with Crippen LogP contribution >= 0.6 is 11.6 Å². The van der Waals surface area contributed by atoms with E-state index in [-0.39, 0.29) is 29.9 Å². The summed E-state index contributed by atoms with van der Waals surface area (Å²) in [5.74, 6) is 0.0903. The molecule has 0 N–H and O–H groups in total. The van der Waals surface area contributed by atoms with Crippen LogP contribution in [0.4, 0.5) is 17.6 Å². The van der Waals surface area contributed by atoms with Crippen LogP contribution < -0.4 is 14.2 Å². The molecule has 3 aromatic carbocycles. The van der Waals surface area contributed by atoms with Crippen molar-refractivity contribution in [3.05, 3.63) is 88.3 Å². The van der Waals surface area contributed by atoms with Crippen LogP contribution in [0.5, 0.6) is 23.0 Å². The third-order valence-electron chi connectivity index (χ3n) is 5.56. The van der Waals surface area contributed by atoms with Crippen LogP contribution in [0, 0.1) is 5.82 Å². The number of carbonyl (C=O) groups excluding carboxylic acids is 1. The molecule has 1 heterocycles. The Morgan fingerprint density at radius 3 is 2.16 bits per heavy atom. The Morgan fingerprint density at radius 1 is 0.865 bits per heavy atom. The standard InChI is InChI=1S/C27H20ClF4NO4/c1-35-25-13-18-22(14-26(25)36-2)33-8-7-23(18)37-24-6-4-16(12-21(24)29)10-17(34)9-15-3-5-20(28)19(11-15)27(30,31)32/h3-8,11-14H,9-10H2,1-2H3. The summed E-state index contributed by atoms with van der Waals surface area (Å²) in [6.07, 6.45) is -3.55. The lowest BCUT2D eigenvalue weighted by atomic mass is 10.0. The summed E-state index contributed by atoms with van der Waals surface area (Å²) in [6, 6.07) is 12.3. The van der Waals surface area contributed by atoms with E-state index in [4.69, 9.17) is 25.8 Å². The molecule has 5 nitrogen and oxygen atoms in total.